The van der Waals surface area contributed by atoms with Gasteiger partial charge in [0.15, 0.2) is 0 Å². The number of hydrogen-bond acceptors (Lipinski definition) is 8. The highest BCUT2D eigenvalue weighted by Gasteiger charge is 2.39. The van der Waals surface area contributed by atoms with Crippen molar-refractivity contribution in [3.63, 3.8) is 0 Å². The van der Waals surface area contributed by atoms with Crippen molar-refractivity contribution in [3.8, 4) is 22.4 Å². The molecule has 3 aromatic carbocycles. The average Bonchev–Trinajstić information content (AvgIpc) is 4.09. The topological polar surface area (TPSA) is 175 Å². The van der Waals surface area contributed by atoms with Gasteiger partial charge in [-0.2, -0.15) is 0 Å². The first-order valence-corrected chi connectivity index (χ1v) is 20.4. The van der Waals surface area contributed by atoms with E-state index in [4.69, 9.17) is 19.4 Å². The second-order valence-electron chi connectivity index (χ2n) is 15.7. The van der Waals surface area contributed by atoms with Crippen LogP contribution in [-0.2, 0) is 19.1 Å². The van der Waals surface area contributed by atoms with Crippen molar-refractivity contribution in [1.29, 1.82) is 0 Å². The molecule has 4 N–H and O–H groups in total. The largest absolute Gasteiger partial charge is 0.453 e. The van der Waals surface area contributed by atoms with Crippen LogP contribution in [0, 0.1) is 11.8 Å². The Morgan fingerprint density at radius 2 is 1.24 bits per heavy atom. The van der Waals surface area contributed by atoms with Crippen LogP contribution < -0.4 is 10.6 Å². The van der Waals surface area contributed by atoms with Crippen LogP contribution in [0.1, 0.15) is 90.0 Å². The fourth-order valence-electron chi connectivity index (χ4n) is 8.34. The van der Waals surface area contributed by atoms with Crippen LogP contribution >= 0.6 is 0 Å². The van der Waals surface area contributed by atoms with Gasteiger partial charge in [-0.1, -0.05) is 70.9 Å². The Labute approximate surface area is 338 Å². The molecular formula is C44H54N8O6. The first-order valence-electron chi connectivity index (χ1n) is 20.4. The monoisotopic (exact) mass is 790 g/mol. The number of H-pyrrole nitrogens is 2. The van der Waals surface area contributed by atoms with Gasteiger partial charge in [0.2, 0.25) is 11.8 Å². The van der Waals surface area contributed by atoms with E-state index in [0.717, 1.165) is 94.4 Å². The number of fused-ring (bicyclic) bond motifs is 2. The third-order valence-electron chi connectivity index (χ3n) is 12.2. The first kappa shape index (κ1) is 40.3. The van der Waals surface area contributed by atoms with Gasteiger partial charge in [0.05, 0.1) is 49.2 Å². The molecule has 0 radical (unpaired) electrons. The first-order chi connectivity index (χ1) is 28.0. The maximum absolute atomic E-state index is 13.8. The molecule has 14 nitrogen and oxygen atoms in total. The van der Waals surface area contributed by atoms with E-state index in [9.17, 15) is 19.2 Å². The predicted molar refractivity (Wildman–Crippen MR) is 222 cm³/mol. The molecule has 58 heavy (non-hydrogen) atoms. The highest BCUT2D eigenvalue weighted by atomic mass is 16.5. The summed E-state index contributed by atoms with van der Waals surface area (Å²) in [5, 5.41) is 7.68. The number of aromatic amines is 2. The molecule has 2 aliphatic rings. The molecule has 1 unspecified atom stereocenters. The minimum absolute atomic E-state index is 0.0568. The molecule has 4 amide bonds. The SMILES string of the molecule is CC[C@H](C)C(NC(=O)OC)C(=O)N1CCC[C@H]1c1nc2ccc(-c3ccc4cc(-c5cnc([C@@H]6CCCN6C(=O)[C@@H](NC(=O)OC)[C@@H](C)CC)[nH]5)ccc4c3)cc2[nH]1. The predicted octanol–water partition coefficient (Wildman–Crippen LogP) is 7.64. The summed E-state index contributed by atoms with van der Waals surface area (Å²) in [6.45, 7) is 9.11. The van der Waals surface area contributed by atoms with Crippen molar-refractivity contribution in [3.05, 3.63) is 72.4 Å². The molecule has 0 aliphatic carbocycles. The summed E-state index contributed by atoms with van der Waals surface area (Å²) < 4.78 is 9.63. The molecule has 2 fully saturated rings. The summed E-state index contributed by atoms with van der Waals surface area (Å²) in [7, 11) is 2.60. The zero-order valence-corrected chi connectivity index (χ0v) is 34.1. The summed E-state index contributed by atoms with van der Waals surface area (Å²) in [5.74, 6) is 1.11. The van der Waals surface area contributed by atoms with Gasteiger partial charge in [0.25, 0.3) is 0 Å². The van der Waals surface area contributed by atoms with Crippen molar-refractivity contribution in [2.24, 2.45) is 11.8 Å². The van der Waals surface area contributed by atoms with E-state index in [1.54, 1.807) is 0 Å². The number of hydrogen-bond donors (Lipinski definition) is 4. The molecule has 14 heteroatoms. The zero-order valence-electron chi connectivity index (χ0n) is 34.1. The van der Waals surface area contributed by atoms with Gasteiger partial charge in [-0.25, -0.2) is 19.6 Å². The Balaban J connectivity index is 1.07. The number of imidazole rings is 2. The highest BCUT2D eigenvalue weighted by Crippen LogP contribution is 2.36. The number of methoxy groups -OCH3 is 2. The van der Waals surface area contributed by atoms with Crippen LogP contribution in [0.3, 0.4) is 0 Å². The second kappa shape index (κ2) is 17.3. The van der Waals surface area contributed by atoms with E-state index in [1.807, 2.05) is 49.8 Å². The van der Waals surface area contributed by atoms with Crippen LogP contribution in [0.25, 0.3) is 44.2 Å². The molecule has 7 rings (SSSR count). The summed E-state index contributed by atoms with van der Waals surface area (Å²) in [4.78, 5) is 72.1. The Bertz CT molecular complexity index is 2300. The van der Waals surface area contributed by atoms with Crippen molar-refractivity contribution in [2.75, 3.05) is 27.3 Å². The molecule has 5 aromatic rings. The van der Waals surface area contributed by atoms with E-state index >= 15 is 0 Å². The lowest BCUT2D eigenvalue weighted by Crippen LogP contribution is -2.51. The summed E-state index contributed by atoms with van der Waals surface area (Å²) >= 11 is 0. The number of alkyl carbamates (subject to hydrolysis) is 2. The maximum atomic E-state index is 13.8. The van der Waals surface area contributed by atoms with Crippen molar-refractivity contribution >= 4 is 45.8 Å². The molecule has 0 bridgehead atoms. The molecule has 6 atom stereocenters. The zero-order chi connectivity index (χ0) is 41.1. The average molecular weight is 791 g/mol. The number of carbonyl (C=O) groups is 4. The second-order valence-corrected chi connectivity index (χ2v) is 15.7. The molecule has 306 valence electrons. The standard InChI is InChI=1S/C44H54N8O6/c1-7-25(3)37(49-43(55)57-5)41(53)51-19-9-11-35(51)39-45-24-34(48-39)31-16-15-27-21-28(13-14-29(27)22-31)30-17-18-32-33(23-30)47-40(46-32)36-12-10-20-52(36)42(54)38(26(4)8-2)50-44(56)58-6/h13-18,21-26,35-38H,7-12,19-20H2,1-6H3,(H,45,48)(H,46,47)(H,49,55)(H,50,56)/t25-,26-,35-,36-,37-,38?/m0/s1. The van der Waals surface area contributed by atoms with Crippen molar-refractivity contribution in [1.82, 2.24) is 40.4 Å². The minimum atomic E-state index is -0.679. The van der Waals surface area contributed by atoms with Crippen LogP contribution in [-0.4, -0.2) is 93.1 Å². The number of nitrogens with zero attached hydrogens (tertiary/aromatic N) is 4. The fraction of sp³-hybridized carbons (Fsp3) is 0.455. The number of aromatic nitrogens is 4. The number of nitrogens with one attached hydrogen (secondary N) is 4. The van der Waals surface area contributed by atoms with Gasteiger partial charge in [-0.3, -0.25) is 9.59 Å². The Morgan fingerprint density at radius 1 is 0.724 bits per heavy atom. The van der Waals surface area contributed by atoms with Gasteiger partial charge in [0.1, 0.15) is 23.7 Å². The molecule has 0 saturated carbocycles. The number of ether oxygens (including phenoxy) is 2. The molecule has 0 spiro atoms. The number of likely N-dealkylation sites (tertiary alicyclic amines) is 2. The summed E-state index contributed by atoms with van der Waals surface area (Å²) in [6.07, 6.45) is 5.32. The molecule has 2 aromatic heterocycles. The van der Waals surface area contributed by atoms with Gasteiger partial charge in [-0.15, -0.1) is 0 Å². The number of benzene rings is 3. The van der Waals surface area contributed by atoms with Crippen LogP contribution in [0.4, 0.5) is 9.59 Å². The Kier molecular flexibility index (Phi) is 12.0. The smallest absolute Gasteiger partial charge is 0.407 e. The minimum Gasteiger partial charge on any atom is -0.453 e. The lowest BCUT2D eigenvalue weighted by atomic mass is 9.97. The van der Waals surface area contributed by atoms with E-state index in [1.165, 1.54) is 14.2 Å². The van der Waals surface area contributed by atoms with Crippen LogP contribution in [0.2, 0.25) is 0 Å². The van der Waals surface area contributed by atoms with Crippen molar-refractivity contribution in [2.45, 2.75) is 90.4 Å². The molecular weight excluding hydrogens is 737 g/mol. The van der Waals surface area contributed by atoms with Gasteiger partial charge in [-0.05, 0) is 83.7 Å². The van der Waals surface area contributed by atoms with E-state index in [0.29, 0.717) is 13.1 Å². The third kappa shape index (κ3) is 8.09. The quantitative estimate of drug-likeness (QED) is 0.0998. The number of amides is 4. The van der Waals surface area contributed by atoms with Gasteiger partial charge >= 0.3 is 12.2 Å². The molecule has 2 saturated heterocycles. The van der Waals surface area contributed by atoms with E-state index in [2.05, 4.69) is 69.1 Å². The van der Waals surface area contributed by atoms with Crippen LogP contribution in [0.15, 0.2) is 60.8 Å². The van der Waals surface area contributed by atoms with E-state index < -0.39 is 24.3 Å². The summed E-state index contributed by atoms with van der Waals surface area (Å²) in [6, 6.07) is 17.1. The normalized spacial score (nSPS) is 18.9. The Morgan fingerprint density at radius 3 is 1.81 bits per heavy atom. The maximum Gasteiger partial charge on any atom is 0.407 e. The van der Waals surface area contributed by atoms with E-state index in [-0.39, 0.29) is 35.7 Å². The van der Waals surface area contributed by atoms with Gasteiger partial charge < -0.3 is 39.9 Å². The fourth-order valence-corrected chi connectivity index (χ4v) is 8.34. The number of rotatable bonds is 12. The van der Waals surface area contributed by atoms with Crippen LogP contribution in [0.5, 0.6) is 0 Å². The lowest BCUT2D eigenvalue weighted by Gasteiger charge is -2.30. The molecule has 2 aliphatic heterocycles. The highest BCUT2D eigenvalue weighted by molar-refractivity contribution is 5.92. The lowest BCUT2D eigenvalue weighted by molar-refractivity contribution is -0.136. The summed E-state index contributed by atoms with van der Waals surface area (Å²) in [5.41, 5.74) is 5.67. The van der Waals surface area contributed by atoms with Crippen molar-refractivity contribution < 1.29 is 28.7 Å². The Hall–Kier alpha value is -5.92. The number of carbonyl (C=O) groups excluding carboxylic acids is 4. The third-order valence-corrected chi connectivity index (χ3v) is 12.2. The molecule has 4 heterocycles. The van der Waals surface area contributed by atoms with Gasteiger partial charge in [0, 0.05) is 18.7 Å².